The van der Waals surface area contributed by atoms with Gasteiger partial charge in [-0.2, -0.15) is 5.10 Å². The molecular weight excluding hydrogens is 551 g/mol. The summed E-state index contributed by atoms with van der Waals surface area (Å²) in [5.41, 5.74) is 3.00. The zero-order valence-electron chi connectivity index (χ0n) is 17.3. The molecule has 0 aliphatic rings. The minimum absolute atomic E-state index is 0.0655. The molecule has 176 valence electrons. The minimum Gasteiger partial charge on any atom is -0.483 e. The number of carbonyl (C=O) groups is 3. The van der Waals surface area contributed by atoms with E-state index in [9.17, 15) is 14.4 Å². The van der Waals surface area contributed by atoms with E-state index >= 15 is 0 Å². The number of rotatable bonds is 8. The van der Waals surface area contributed by atoms with Crippen LogP contribution in [0.1, 0.15) is 11.3 Å². The van der Waals surface area contributed by atoms with Crippen molar-refractivity contribution in [2.24, 2.45) is 5.10 Å². The molecule has 0 atom stereocenters. The first-order valence-electron chi connectivity index (χ1n) is 9.62. The molecule has 0 aliphatic heterocycles. The number of hydrogen-bond acceptors (Lipinski definition) is 6. The van der Waals surface area contributed by atoms with Crippen LogP contribution < -0.4 is 20.8 Å². The van der Waals surface area contributed by atoms with Crippen molar-refractivity contribution in [2.45, 2.75) is 6.54 Å². The quantitative estimate of drug-likeness (QED) is 0.214. The molecular formula is C22H17BrCl2N4O5. The Hall–Kier alpha value is -3.34. The van der Waals surface area contributed by atoms with Crippen molar-refractivity contribution in [3.8, 4) is 5.75 Å². The first kappa shape index (κ1) is 25.3. The fraction of sp³-hybridized carbons (Fsp3) is 0.0909. The molecule has 0 saturated carbocycles. The standard InChI is InChI=1S/C22H17BrCl2N4O5/c23-14-3-4-19(34-12-20(30)28-17-8-15(24)7-16(25)9-17)13(6-14)10-27-29-22(32)21(31)26-11-18-2-1-5-33-18/h1-10H,11-12H2,(H,26,31)(H,28,30)(H,29,32)/b27-10-. The van der Waals surface area contributed by atoms with Gasteiger partial charge in [-0.05, 0) is 48.5 Å². The molecule has 0 unspecified atom stereocenters. The second-order valence-electron chi connectivity index (χ2n) is 6.64. The fourth-order valence-corrected chi connectivity index (χ4v) is 3.49. The molecule has 1 aromatic heterocycles. The Morgan fingerprint density at radius 3 is 2.53 bits per heavy atom. The molecule has 9 nitrogen and oxygen atoms in total. The van der Waals surface area contributed by atoms with Crippen LogP contribution in [0.4, 0.5) is 5.69 Å². The van der Waals surface area contributed by atoms with Crippen molar-refractivity contribution in [1.29, 1.82) is 0 Å². The summed E-state index contributed by atoms with van der Waals surface area (Å²) in [6.45, 7) is -0.246. The van der Waals surface area contributed by atoms with Gasteiger partial charge in [0.15, 0.2) is 6.61 Å². The molecule has 0 aliphatic carbocycles. The lowest BCUT2D eigenvalue weighted by molar-refractivity contribution is -0.139. The predicted octanol–water partition coefficient (Wildman–Crippen LogP) is 4.13. The molecule has 2 aromatic carbocycles. The zero-order valence-corrected chi connectivity index (χ0v) is 20.4. The molecule has 3 N–H and O–H groups in total. The molecule has 3 aromatic rings. The van der Waals surface area contributed by atoms with E-state index in [1.54, 1.807) is 48.5 Å². The van der Waals surface area contributed by atoms with Gasteiger partial charge >= 0.3 is 11.8 Å². The number of nitrogens with zero attached hydrogens (tertiary/aromatic N) is 1. The number of halogens is 3. The minimum atomic E-state index is -0.958. The van der Waals surface area contributed by atoms with Crippen molar-refractivity contribution in [3.63, 3.8) is 0 Å². The van der Waals surface area contributed by atoms with Crippen LogP contribution in [0.25, 0.3) is 0 Å². The van der Waals surface area contributed by atoms with Crippen LogP contribution in [0.5, 0.6) is 5.75 Å². The van der Waals surface area contributed by atoms with Gasteiger partial charge < -0.3 is 19.8 Å². The molecule has 0 radical (unpaired) electrons. The van der Waals surface area contributed by atoms with Crippen molar-refractivity contribution in [2.75, 3.05) is 11.9 Å². The van der Waals surface area contributed by atoms with Gasteiger partial charge in [-0.25, -0.2) is 5.43 Å². The molecule has 0 spiro atoms. The van der Waals surface area contributed by atoms with Crippen molar-refractivity contribution in [3.05, 3.63) is 80.6 Å². The highest BCUT2D eigenvalue weighted by Gasteiger charge is 2.13. The van der Waals surface area contributed by atoms with E-state index < -0.39 is 17.7 Å². The maximum Gasteiger partial charge on any atom is 0.329 e. The van der Waals surface area contributed by atoms with E-state index in [0.29, 0.717) is 37.3 Å². The molecule has 0 saturated heterocycles. The van der Waals surface area contributed by atoms with E-state index in [2.05, 4.69) is 37.1 Å². The lowest BCUT2D eigenvalue weighted by Gasteiger charge is -2.10. The monoisotopic (exact) mass is 566 g/mol. The van der Waals surface area contributed by atoms with Gasteiger partial charge in [0.1, 0.15) is 11.5 Å². The summed E-state index contributed by atoms with van der Waals surface area (Å²) in [4.78, 5) is 36.0. The van der Waals surface area contributed by atoms with Gasteiger partial charge in [0.2, 0.25) is 0 Å². The Morgan fingerprint density at radius 2 is 1.82 bits per heavy atom. The molecule has 12 heteroatoms. The third-order valence-corrected chi connectivity index (χ3v) is 4.99. The third kappa shape index (κ3) is 7.91. The maximum atomic E-state index is 12.2. The fourth-order valence-electron chi connectivity index (χ4n) is 2.59. The average Bonchev–Trinajstić information content (AvgIpc) is 3.30. The Kier molecular flexibility index (Phi) is 9.08. The molecule has 1 heterocycles. The normalized spacial score (nSPS) is 10.7. The van der Waals surface area contributed by atoms with E-state index in [0.717, 1.165) is 0 Å². The van der Waals surface area contributed by atoms with Crippen LogP contribution in [-0.2, 0) is 20.9 Å². The van der Waals surface area contributed by atoms with Gasteiger partial charge in [-0.3, -0.25) is 14.4 Å². The van der Waals surface area contributed by atoms with Gasteiger partial charge in [0.25, 0.3) is 5.91 Å². The lowest BCUT2D eigenvalue weighted by Crippen LogP contribution is -2.37. The summed E-state index contributed by atoms with van der Waals surface area (Å²) in [5.74, 6) is -1.45. The number of hydrazone groups is 1. The maximum absolute atomic E-state index is 12.2. The second-order valence-corrected chi connectivity index (χ2v) is 8.43. The summed E-state index contributed by atoms with van der Waals surface area (Å²) < 4.78 is 11.4. The van der Waals surface area contributed by atoms with Crippen molar-refractivity contribution < 1.29 is 23.5 Å². The van der Waals surface area contributed by atoms with Gasteiger partial charge in [-0.1, -0.05) is 39.1 Å². The number of amides is 3. The van der Waals surface area contributed by atoms with E-state index in [1.807, 2.05) is 0 Å². The number of anilines is 1. The highest BCUT2D eigenvalue weighted by Crippen LogP contribution is 2.23. The highest BCUT2D eigenvalue weighted by atomic mass is 79.9. The van der Waals surface area contributed by atoms with Gasteiger partial charge in [0, 0.05) is 25.8 Å². The first-order valence-corrected chi connectivity index (χ1v) is 11.2. The van der Waals surface area contributed by atoms with Crippen LogP contribution in [0.2, 0.25) is 10.0 Å². The average molecular weight is 568 g/mol. The molecule has 0 fully saturated rings. The van der Waals surface area contributed by atoms with Crippen LogP contribution in [0.3, 0.4) is 0 Å². The summed E-state index contributed by atoms with van der Waals surface area (Å²) in [6.07, 6.45) is 2.74. The molecule has 0 bridgehead atoms. The molecule has 3 rings (SSSR count). The zero-order chi connectivity index (χ0) is 24.5. The van der Waals surface area contributed by atoms with Crippen molar-refractivity contribution >= 4 is 68.8 Å². The summed E-state index contributed by atoms with van der Waals surface area (Å²) in [7, 11) is 0. The van der Waals surface area contributed by atoms with Gasteiger partial charge in [-0.15, -0.1) is 0 Å². The number of benzene rings is 2. The van der Waals surface area contributed by atoms with E-state index in [4.69, 9.17) is 32.4 Å². The molecule has 3 amide bonds. The number of carbonyl (C=O) groups excluding carboxylic acids is 3. The Morgan fingerprint density at radius 1 is 1.06 bits per heavy atom. The highest BCUT2D eigenvalue weighted by molar-refractivity contribution is 9.10. The topological polar surface area (TPSA) is 122 Å². The van der Waals surface area contributed by atoms with E-state index in [1.165, 1.54) is 12.5 Å². The van der Waals surface area contributed by atoms with Crippen LogP contribution >= 0.6 is 39.1 Å². The molecule has 34 heavy (non-hydrogen) atoms. The van der Waals surface area contributed by atoms with Crippen LogP contribution in [0.15, 0.2) is 68.8 Å². The summed E-state index contributed by atoms with van der Waals surface area (Å²) in [6, 6.07) is 13.0. The van der Waals surface area contributed by atoms with Crippen LogP contribution in [-0.4, -0.2) is 30.5 Å². The Balaban J connectivity index is 1.55. The SMILES string of the molecule is O=C(COc1ccc(Br)cc1/C=N\NC(=O)C(=O)NCc1ccco1)Nc1cc(Cl)cc(Cl)c1. The second kappa shape index (κ2) is 12.2. The number of furan rings is 1. The predicted molar refractivity (Wildman–Crippen MR) is 131 cm³/mol. The third-order valence-electron chi connectivity index (χ3n) is 4.06. The lowest BCUT2D eigenvalue weighted by atomic mass is 10.2. The van der Waals surface area contributed by atoms with Crippen molar-refractivity contribution in [1.82, 2.24) is 10.7 Å². The number of nitrogens with one attached hydrogen (secondary N) is 3. The Bertz CT molecular complexity index is 1200. The smallest absolute Gasteiger partial charge is 0.329 e. The number of hydrogen-bond donors (Lipinski definition) is 3. The summed E-state index contributed by atoms with van der Waals surface area (Å²) in [5, 5.41) is 9.58. The Labute approximate surface area is 212 Å². The van der Waals surface area contributed by atoms with Crippen LogP contribution in [0, 0.1) is 0 Å². The number of ether oxygens (including phenoxy) is 1. The first-order chi connectivity index (χ1) is 16.3. The largest absolute Gasteiger partial charge is 0.483 e. The van der Waals surface area contributed by atoms with Gasteiger partial charge in [0.05, 0.1) is 19.0 Å². The van der Waals surface area contributed by atoms with E-state index in [-0.39, 0.29) is 13.2 Å². The summed E-state index contributed by atoms with van der Waals surface area (Å²) >= 11 is 15.2.